The Morgan fingerprint density at radius 1 is 0.915 bits per heavy atom. The zero-order chi connectivity index (χ0) is 41.9. The molecule has 1 saturated carbocycles. The second-order valence-electron chi connectivity index (χ2n) is 15.7. The number of anilines is 1. The number of para-hydroxylation sites is 1. The van der Waals surface area contributed by atoms with Crippen molar-refractivity contribution in [1.82, 2.24) is 25.4 Å². The molecule has 7 rings (SSSR count). The van der Waals surface area contributed by atoms with E-state index >= 15 is 0 Å². The van der Waals surface area contributed by atoms with Crippen molar-refractivity contribution in [2.45, 2.75) is 83.0 Å². The molecule has 1 aliphatic carbocycles. The number of pyridine rings is 1. The Morgan fingerprint density at radius 3 is 2.42 bits per heavy atom. The molecule has 12 nitrogen and oxygen atoms in total. The number of aliphatic hydroxyl groups is 1. The molecule has 0 radical (unpaired) electrons. The SMILES string of the molecule is CC(C)(O)c1cc2nn(C3CCC(CNCCCCCc4ccccc4Oc4cccc5c4C(=O)NC(=O)C5=O)CC3)cc2cc1NC(=O)c1cccc(C(F)(F)F)n1. The van der Waals surface area contributed by atoms with E-state index in [9.17, 15) is 37.5 Å². The number of imide groups is 1. The third-order valence-corrected chi connectivity index (χ3v) is 10.9. The van der Waals surface area contributed by atoms with Crippen LogP contribution in [0.1, 0.15) is 113 Å². The quantitative estimate of drug-likeness (QED) is 0.0496. The van der Waals surface area contributed by atoms with Gasteiger partial charge in [0.1, 0.15) is 22.9 Å². The third kappa shape index (κ3) is 9.52. The van der Waals surface area contributed by atoms with E-state index in [1.54, 1.807) is 38.1 Å². The number of nitrogens with one attached hydrogen (secondary N) is 3. The van der Waals surface area contributed by atoms with Crippen molar-refractivity contribution in [1.29, 1.82) is 0 Å². The summed E-state index contributed by atoms with van der Waals surface area (Å²) in [5.74, 6) is -1.84. The lowest BCUT2D eigenvalue weighted by atomic mass is 9.86. The van der Waals surface area contributed by atoms with Crippen molar-refractivity contribution in [3.05, 3.63) is 113 Å². The van der Waals surface area contributed by atoms with Gasteiger partial charge >= 0.3 is 6.18 Å². The number of halogens is 3. The Bertz CT molecular complexity index is 2400. The van der Waals surface area contributed by atoms with E-state index in [0.29, 0.717) is 22.7 Å². The van der Waals surface area contributed by atoms with Crippen LogP contribution in [0.5, 0.6) is 11.5 Å². The van der Waals surface area contributed by atoms with Gasteiger partial charge in [-0.2, -0.15) is 18.3 Å². The zero-order valence-corrected chi connectivity index (χ0v) is 32.7. The average Bonchev–Trinajstić information content (AvgIpc) is 3.62. The van der Waals surface area contributed by atoms with Crippen molar-refractivity contribution < 1.29 is 42.2 Å². The summed E-state index contributed by atoms with van der Waals surface area (Å²) in [7, 11) is 0. The van der Waals surface area contributed by atoms with E-state index in [4.69, 9.17) is 9.84 Å². The van der Waals surface area contributed by atoms with Gasteiger partial charge in [-0.1, -0.05) is 36.8 Å². The molecule has 2 aliphatic rings. The Kier molecular flexibility index (Phi) is 12.0. The van der Waals surface area contributed by atoms with E-state index < -0.39 is 46.7 Å². The van der Waals surface area contributed by atoms with E-state index in [1.807, 2.05) is 35.1 Å². The fraction of sp³-hybridized carbons (Fsp3) is 0.364. The van der Waals surface area contributed by atoms with Crippen LogP contribution < -0.4 is 20.7 Å². The minimum atomic E-state index is -4.70. The summed E-state index contributed by atoms with van der Waals surface area (Å²) >= 11 is 0. The molecular weight excluding hydrogens is 766 g/mol. The van der Waals surface area contributed by atoms with Crippen LogP contribution in [0.15, 0.2) is 79.0 Å². The molecule has 4 N–H and O–H groups in total. The lowest BCUT2D eigenvalue weighted by molar-refractivity contribution is -0.141. The van der Waals surface area contributed by atoms with E-state index in [0.717, 1.165) is 87.5 Å². The van der Waals surface area contributed by atoms with Gasteiger partial charge in [0.15, 0.2) is 0 Å². The Labute approximate surface area is 338 Å². The maximum Gasteiger partial charge on any atom is 0.433 e. The molecule has 15 heteroatoms. The number of carbonyl (C=O) groups is 4. The predicted octanol–water partition coefficient (Wildman–Crippen LogP) is 7.91. The molecule has 3 heterocycles. The Morgan fingerprint density at radius 2 is 1.66 bits per heavy atom. The van der Waals surface area contributed by atoms with Crippen LogP contribution in [0.3, 0.4) is 0 Å². The van der Waals surface area contributed by atoms with Gasteiger partial charge in [-0.3, -0.25) is 29.2 Å². The van der Waals surface area contributed by atoms with Crippen LogP contribution in [-0.4, -0.2) is 56.5 Å². The van der Waals surface area contributed by atoms with E-state index in [1.165, 1.54) is 12.1 Å². The molecule has 1 fully saturated rings. The standard InChI is InChI=1S/C44H45F3N6O6/c1-43(2,58)31-23-33-28(22-34(31)50-40(55)32-13-9-16-37(49-32)44(45,46)47)25-53(52-33)29-19-17-26(18-20-29)24-48-21-7-3-4-10-27-11-5-6-14-35(27)59-36-15-8-12-30-38(36)41(56)51-42(57)39(30)54/h5-6,8-9,11-16,22-23,25-26,29,48,58H,3-4,7,10,17-21,24H2,1-2H3,(H,50,55)(H,51,56,57). The highest BCUT2D eigenvalue weighted by molar-refractivity contribution is 6.49. The molecule has 0 atom stereocenters. The van der Waals surface area contributed by atoms with Crippen molar-refractivity contribution in [3.8, 4) is 11.5 Å². The molecule has 0 unspecified atom stereocenters. The molecule has 3 aromatic carbocycles. The summed E-state index contributed by atoms with van der Waals surface area (Å²) in [6.07, 6.45) is 4.87. The molecule has 0 spiro atoms. The van der Waals surface area contributed by atoms with Crippen LogP contribution in [0.2, 0.25) is 0 Å². The number of unbranched alkanes of at least 4 members (excludes halogenated alkanes) is 2. The van der Waals surface area contributed by atoms with Crippen LogP contribution in [0, 0.1) is 5.92 Å². The summed E-state index contributed by atoms with van der Waals surface area (Å²) in [5.41, 5.74) is -0.593. The van der Waals surface area contributed by atoms with Crippen LogP contribution in [0.25, 0.3) is 10.9 Å². The number of Topliss-reactive ketones (excluding diaryl/α,β-unsaturated/α-hetero) is 1. The number of alkyl halides is 3. The van der Waals surface area contributed by atoms with Gasteiger partial charge in [-0.25, -0.2) is 4.98 Å². The minimum absolute atomic E-state index is 0.0328. The van der Waals surface area contributed by atoms with Gasteiger partial charge in [0, 0.05) is 28.4 Å². The zero-order valence-electron chi connectivity index (χ0n) is 32.7. The largest absolute Gasteiger partial charge is 0.456 e. The molecule has 5 aromatic rings. The molecule has 308 valence electrons. The molecule has 59 heavy (non-hydrogen) atoms. The fourth-order valence-corrected chi connectivity index (χ4v) is 7.77. The first kappa shape index (κ1) is 41.2. The van der Waals surface area contributed by atoms with Gasteiger partial charge in [-0.05, 0) is 126 Å². The lowest BCUT2D eigenvalue weighted by Gasteiger charge is -2.28. The number of nitrogens with zero attached hydrogens (tertiary/aromatic N) is 3. The highest BCUT2D eigenvalue weighted by Gasteiger charge is 2.34. The first-order chi connectivity index (χ1) is 28.2. The minimum Gasteiger partial charge on any atom is -0.456 e. The first-order valence-corrected chi connectivity index (χ1v) is 19.8. The number of aromatic nitrogens is 3. The van der Waals surface area contributed by atoms with Crippen molar-refractivity contribution in [2.75, 3.05) is 18.4 Å². The van der Waals surface area contributed by atoms with Crippen molar-refractivity contribution >= 4 is 40.1 Å². The average molecular weight is 811 g/mol. The Balaban J connectivity index is 0.871. The number of amides is 3. The fourth-order valence-electron chi connectivity index (χ4n) is 7.77. The van der Waals surface area contributed by atoms with E-state index in [2.05, 4.69) is 20.9 Å². The molecule has 0 bridgehead atoms. The van der Waals surface area contributed by atoms with Crippen molar-refractivity contribution in [2.24, 2.45) is 5.92 Å². The Hall–Kier alpha value is -5.93. The van der Waals surface area contributed by atoms with Gasteiger partial charge in [-0.15, -0.1) is 0 Å². The number of rotatable bonds is 14. The van der Waals surface area contributed by atoms with Gasteiger partial charge in [0.05, 0.1) is 22.7 Å². The summed E-state index contributed by atoms with van der Waals surface area (Å²) in [4.78, 5) is 53.2. The highest BCUT2D eigenvalue weighted by Crippen LogP contribution is 2.37. The number of ketones is 1. The number of hydrogen-bond donors (Lipinski definition) is 4. The maximum absolute atomic E-state index is 13.2. The van der Waals surface area contributed by atoms with Crippen molar-refractivity contribution in [3.63, 3.8) is 0 Å². The summed E-state index contributed by atoms with van der Waals surface area (Å²) in [6.45, 7) is 4.95. The van der Waals surface area contributed by atoms with Gasteiger partial charge in [0.2, 0.25) is 0 Å². The number of ether oxygens (including phenoxy) is 1. The maximum atomic E-state index is 13.2. The van der Waals surface area contributed by atoms with Crippen LogP contribution in [-0.2, 0) is 23.0 Å². The first-order valence-electron chi connectivity index (χ1n) is 19.8. The van der Waals surface area contributed by atoms with Gasteiger partial charge < -0.3 is 20.5 Å². The predicted molar refractivity (Wildman–Crippen MR) is 213 cm³/mol. The van der Waals surface area contributed by atoms with Gasteiger partial charge in [0.25, 0.3) is 23.5 Å². The monoisotopic (exact) mass is 810 g/mol. The topological polar surface area (TPSA) is 165 Å². The molecule has 3 amide bonds. The summed E-state index contributed by atoms with van der Waals surface area (Å²) in [5, 5.41) is 24.9. The molecular formula is C44H45F3N6O6. The second-order valence-corrected chi connectivity index (χ2v) is 15.7. The molecule has 0 saturated heterocycles. The molecule has 1 aliphatic heterocycles. The number of benzene rings is 3. The normalized spacial score (nSPS) is 17.2. The lowest BCUT2D eigenvalue weighted by Crippen LogP contribution is -2.42. The number of hydrogen-bond acceptors (Lipinski definition) is 9. The number of carbonyl (C=O) groups excluding carboxylic acids is 4. The molecule has 2 aromatic heterocycles. The third-order valence-electron chi connectivity index (χ3n) is 10.9. The summed E-state index contributed by atoms with van der Waals surface area (Å²) in [6, 6.07) is 19.0. The van der Waals surface area contributed by atoms with Crippen LogP contribution in [0.4, 0.5) is 18.9 Å². The number of fused-ring (bicyclic) bond motifs is 2. The number of aryl methyl sites for hydroxylation is 1. The second kappa shape index (κ2) is 17.1. The summed E-state index contributed by atoms with van der Waals surface area (Å²) < 4.78 is 47.8. The highest BCUT2D eigenvalue weighted by atomic mass is 19.4. The smallest absolute Gasteiger partial charge is 0.433 e. The van der Waals surface area contributed by atoms with Crippen LogP contribution >= 0.6 is 0 Å². The van der Waals surface area contributed by atoms with E-state index in [-0.39, 0.29) is 28.6 Å².